The van der Waals surface area contributed by atoms with E-state index in [0.29, 0.717) is 11.4 Å². The Morgan fingerprint density at radius 1 is 1.73 bits per heavy atom. The van der Waals surface area contributed by atoms with Crippen LogP contribution in [0.2, 0.25) is 0 Å². The predicted octanol–water partition coefficient (Wildman–Crippen LogP) is 0.119. The van der Waals surface area contributed by atoms with Crippen LogP contribution in [-0.2, 0) is 0 Å². The smallest absolute Gasteiger partial charge is 0.243 e. The summed E-state index contributed by atoms with van der Waals surface area (Å²) in [4.78, 5) is 0.261. The molecule has 0 saturated heterocycles. The minimum atomic E-state index is 0.261. The van der Waals surface area contributed by atoms with Gasteiger partial charge in [-0.15, -0.1) is 5.10 Å². The normalized spacial score (nSPS) is 9.18. The third-order valence-corrected chi connectivity index (χ3v) is 1.37. The van der Waals surface area contributed by atoms with Crippen LogP contribution < -0.4 is 10.5 Å². The zero-order chi connectivity index (χ0) is 8.27. The Kier molecular flexibility index (Phi) is 2.32. The van der Waals surface area contributed by atoms with Gasteiger partial charge in [0.1, 0.15) is 4.99 Å². The van der Waals surface area contributed by atoms with Crippen molar-refractivity contribution >= 4 is 17.2 Å². The molecule has 0 spiro atoms. The second-order valence-corrected chi connectivity index (χ2v) is 2.26. The Morgan fingerprint density at radius 2 is 2.45 bits per heavy atom. The molecule has 0 bridgehead atoms. The van der Waals surface area contributed by atoms with Gasteiger partial charge < -0.3 is 10.5 Å². The van der Waals surface area contributed by atoms with Crippen LogP contribution in [0, 0.1) is 0 Å². The van der Waals surface area contributed by atoms with E-state index in [1.54, 1.807) is 6.07 Å². The molecule has 0 aliphatic heterocycles. The summed E-state index contributed by atoms with van der Waals surface area (Å²) in [6.45, 7) is 0. The SMILES string of the molecule is COc1nnccc1C(N)=S. The van der Waals surface area contributed by atoms with Crippen LogP contribution in [0.4, 0.5) is 0 Å². The summed E-state index contributed by atoms with van der Waals surface area (Å²) in [5, 5.41) is 7.29. The van der Waals surface area contributed by atoms with Crippen LogP contribution in [-0.4, -0.2) is 22.3 Å². The highest BCUT2D eigenvalue weighted by atomic mass is 32.1. The number of nitrogens with zero attached hydrogens (tertiary/aromatic N) is 2. The Balaban J connectivity index is 3.12. The summed E-state index contributed by atoms with van der Waals surface area (Å²) in [5.41, 5.74) is 5.98. The molecule has 0 atom stereocenters. The van der Waals surface area contributed by atoms with Gasteiger partial charge in [0.25, 0.3) is 0 Å². The minimum Gasteiger partial charge on any atom is -0.479 e. The van der Waals surface area contributed by atoms with E-state index in [1.165, 1.54) is 13.3 Å². The Hall–Kier alpha value is -1.23. The summed E-state index contributed by atoms with van der Waals surface area (Å²) in [6, 6.07) is 1.66. The third kappa shape index (κ3) is 1.62. The Labute approximate surface area is 69.4 Å². The number of ether oxygens (including phenoxy) is 1. The van der Waals surface area contributed by atoms with Crippen molar-refractivity contribution < 1.29 is 4.74 Å². The van der Waals surface area contributed by atoms with Crippen LogP contribution in [0.5, 0.6) is 5.88 Å². The largest absolute Gasteiger partial charge is 0.479 e. The summed E-state index contributed by atoms with van der Waals surface area (Å²) in [7, 11) is 1.49. The number of hydrogen-bond acceptors (Lipinski definition) is 4. The lowest BCUT2D eigenvalue weighted by molar-refractivity contribution is 0.391. The summed E-state index contributed by atoms with van der Waals surface area (Å²) < 4.78 is 4.87. The van der Waals surface area contributed by atoms with E-state index in [4.69, 9.17) is 22.7 Å². The van der Waals surface area contributed by atoms with Gasteiger partial charge in [0.05, 0.1) is 18.9 Å². The van der Waals surface area contributed by atoms with E-state index in [-0.39, 0.29) is 4.99 Å². The lowest BCUT2D eigenvalue weighted by Gasteiger charge is -2.02. The van der Waals surface area contributed by atoms with Crippen LogP contribution in [0.25, 0.3) is 0 Å². The molecular weight excluding hydrogens is 162 g/mol. The van der Waals surface area contributed by atoms with Gasteiger partial charge in [-0.1, -0.05) is 12.2 Å². The Morgan fingerprint density at radius 3 is 2.91 bits per heavy atom. The number of methoxy groups -OCH3 is 1. The molecule has 4 nitrogen and oxygen atoms in total. The maximum atomic E-state index is 5.37. The minimum absolute atomic E-state index is 0.261. The summed E-state index contributed by atoms with van der Waals surface area (Å²) in [5.74, 6) is 0.361. The van der Waals surface area contributed by atoms with Gasteiger partial charge >= 0.3 is 0 Å². The Bertz CT molecular complexity index is 276. The second-order valence-electron chi connectivity index (χ2n) is 1.82. The fourth-order valence-corrected chi connectivity index (χ4v) is 0.812. The molecule has 5 heteroatoms. The van der Waals surface area contributed by atoms with E-state index in [9.17, 15) is 0 Å². The fraction of sp³-hybridized carbons (Fsp3) is 0.167. The molecule has 0 fully saturated rings. The average Bonchev–Trinajstić information content (AvgIpc) is 2.04. The van der Waals surface area contributed by atoms with E-state index >= 15 is 0 Å². The maximum Gasteiger partial charge on any atom is 0.243 e. The van der Waals surface area contributed by atoms with Crippen LogP contribution >= 0.6 is 12.2 Å². The number of nitrogens with two attached hydrogens (primary N) is 1. The molecule has 0 amide bonds. The average molecular weight is 169 g/mol. The molecule has 0 aromatic carbocycles. The van der Waals surface area contributed by atoms with Crippen LogP contribution in [0.1, 0.15) is 5.56 Å². The number of aromatic nitrogens is 2. The summed E-state index contributed by atoms with van der Waals surface area (Å²) in [6.07, 6.45) is 1.51. The molecule has 0 aliphatic rings. The van der Waals surface area contributed by atoms with Crippen molar-refractivity contribution in [3.8, 4) is 5.88 Å². The first kappa shape index (κ1) is 7.87. The first-order valence-corrected chi connectivity index (χ1v) is 3.32. The molecule has 0 saturated carbocycles. The first-order chi connectivity index (χ1) is 5.25. The number of rotatable bonds is 2. The van der Waals surface area contributed by atoms with Crippen molar-refractivity contribution in [1.29, 1.82) is 0 Å². The second kappa shape index (κ2) is 3.25. The standard InChI is InChI=1S/C6H7N3OS/c1-10-6-4(5(7)11)2-3-8-9-6/h2-3H,1H3,(H2,7,11). The number of hydrogen-bond donors (Lipinski definition) is 1. The molecule has 1 aromatic heterocycles. The topological polar surface area (TPSA) is 61.0 Å². The molecule has 11 heavy (non-hydrogen) atoms. The third-order valence-electron chi connectivity index (χ3n) is 1.15. The van der Waals surface area contributed by atoms with Crippen molar-refractivity contribution in [2.24, 2.45) is 5.73 Å². The van der Waals surface area contributed by atoms with Gasteiger partial charge in [-0.3, -0.25) is 0 Å². The molecule has 1 heterocycles. The van der Waals surface area contributed by atoms with Gasteiger partial charge in [0.15, 0.2) is 0 Å². The van der Waals surface area contributed by atoms with Gasteiger partial charge in [-0.05, 0) is 6.07 Å². The van der Waals surface area contributed by atoms with Gasteiger partial charge in [-0.25, -0.2) is 0 Å². The quantitative estimate of drug-likeness (QED) is 0.637. The fourth-order valence-electron chi connectivity index (χ4n) is 0.657. The molecule has 1 aromatic rings. The molecule has 1 rings (SSSR count). The molecule has 0 aliphatic carbocycles. The highest BCUT2D eigenvalue weighted by Crippen LogP contribution is 2.10. The molecule has 58 valence electrons. The van der Waals surface area contributed by atoms with Crippen molar-refractivity contribution in [3.05, 3.63) is 17.8 Å². The highest BCUT2D eigenvalue weighted by molar-refractivity contribution is 7.80. The van der Waals surface area contributed by atoms with E-state index < -0.39 is 0 Å². The molecule has 0 unspecified atom stereocenters. The maximum absolute atomic E-state index is 5.37. The zero-order valence-electron chi connectivity index (χ0n) is 5.94. The van der Waals surface area contributed by atoms with Crippen LogP contribution in [0.3, 0.4) is 0 Å². The highest BCUT2D eigenvalue weighted by Gasteiger charge is 2.04. The van der Waals surface area contributed by atoms with Crippen LogP contribution in [0.15, 0.2) is 12.3 Å². The van der Waals surface area contributed by atoms with Crippen molar-refractivity contribution in [3.63, 3.8) is 0 Å². The molecular formula is C6H7N3OS. The van der Waals surface area contributed by atoms with E-state index in [2.05, 4.69) is 10.2 Å². The van der Waals surface area contributed by atoms with E-state index in [1.807, 2.05) is 0 Å². The van der Waals surface area contributed by atoms with Crippen molar-refractivity contribution in [2.75, 3.05) is 7.11 Å². The molecule has 0 radical (unpaired) electrons. The molecule has 2 N–H and O–H groups in total. The lowest BCUT2D eigenvalue weighted by Crippen LogP contribution is -2.12. The van der Waals surface area contributed by atoms with Crippen molar-refractivity contribution in [1.82, 2.24) is 10.2 Å². The zero-order valence-corrected chi connectivity index (χ0v) is 6.76. The van der Waals surface area contributed by atoms with Gasteiger partial charge in [-0.2, -0.15) is 5.10 Å². The van der Waals surface area contributed by atoms with Gasteiger partial charge in [0, 0.05) is 0 Å². The monoisotopic (exact) mass is 169 g/mol. The number of thiocarbonyl (C=S) groups is 1. The predicted molar refractivity (Wildman–Crippen MR) is 44.5 cm³/mol. The first-order valence-electron chi connectivity index (χ1n) is 2.91. The lowest BCUT2D eigenvalue weighted by atomic mass is 10.3. The van der Waals surface area contributed by atoms with Crippen molar-refractivity contribution in [2.45, 2.75) is 0 Å². The van der Waals surface area contributed by atoms with E-state index in [0.717, 1.165) is 0 Å². The van der Waals surface area contributed by atoms with Gasteiger partial charge in [0.2, 0.25) is 5.88 Å². The summed E-state index contributed by atoms with van der Waals surface area (Å²) >= 11 is 4.75.